The Balaban J connectivity index is 1.94. The molecule has 0 saturated carbocycles. The Bertz CT molecular complexity index is 502. The summed E-state index contributed by atoms with van der Waals surface area (Å²) in [4.78, 5) is 25.5. The van der Waals surface area contributed by atoms with Gasteiger partial charge in [0.25, 0.3) is 0 Å². The van der Waals surface area contributed by atoms with Gasteiger partial charge in [0.05, 0.1) is 19.1 Å². The van der Waals surface area contributed by atoms with Crippen LogP contribution >= 0.6 is 0 Å². The fraction of sp³-hybridized carbons (Fsp3) is 0.529. The summed E-state index contributed by atoms with van der Waals surface area (Å²) >= 11 is 0. The van der Waals surface area contributed by atoms with Crippen LogP contribution in [0.15, 0.2) is 30.3 Å². The van der Waals surface area contributed by atoms with Crippen molar-refractivity contribution in [3.8, 4) is 0 Å². The van der Waals surface area contributed by atoms with Crippen LogP contribution in [-0.2, 0) is 9.59 Å². The van der Waals surface area contributed by atoms with E-state index in [0.29, 0.717) is 19.0 Å². The second-order valence-electron chi connectivity index (χ2n) is 6.22. The summed E-state index contributed by atoms with van der Waals surface area (Å²) in [6, 6.07) is 10.1. The van der Waals surface area contributed by atoms with Crippen molar-refractivity contribution in [1.82, 2.24) is 15.5 Å². The minimum Gasteiger partial charge on any atom is -0.354 e. The number of nitrogens with one attached hydrogen (secondary N) is 2. The van der Waals surface area contributed by atoms with Gasteiger partial charge >= 0.3 is 0 Å². The van der Waals surface area contributed by atoms with Gasteiger partial charge in [-0.1, -0.05) is 44.2 Å². The van der Waals surface area contributed by atoms with Crippen molar-refractivity contribution in [2.75, 3.05) is 26.2 Å². The third-order valence-electron chi connectivity index (χ3n) is 3.73. The van der Waals surface area contributed by atoms with Crippen LogP contribution in [-0.4, -0.2) is 42.9 Å². The molecule has 2 rings (SSSR count). The molecule has 2 N–H and O–H groups in total. The normalized spacial score (nSPS) is 17.1. The number of hydrogen-bond donors (Lipinski definition) is 2. The van der Waals surface area contributed by atoms with Crippen LogP contribution in [0.1, 0.15) is 31.9 Å². The molecule has 1 aliphatic rings. The van der Waals surface area contributed by atoms with Crippen LogP contribution in [0.5, 0.6) is 0 Å². The van der Waals surface area contributed by atoms with Crippen LogP contribution in [0.3, 0.4) is 0 Å². The van der Waals surface area contributed by atoms with Crippen molar-refractivity contribution < 1.29 is 9.59 Å². The van der Waals surface area contributed by atoms with E-state index < -0.39 is 0 Å². The Kier molecular flexibility index (Phi) is 5.95. The lowest BCUT2D eigenvalue weighted by molar-refractivity contribution is -0.127. The van der Waals surface area contributed by atoms with Crippen LogP contribution in [0.25, 0.3) is 0 Å². The highest BCUT2D eigenvalue weighted by atomic mass is 16.2. The SMILES string of the molecule is CC(C)C[C@@H](NC(=O)CN1CCNC(=O)C1)c1ccccc1. The molecule has 1 heterocycles. The Morgan fingerprint density at radius 1 is 1.32 bits per heavy atom. The molecule has 0 unspecified atom stereocenters. The third-order valence-corrected chi connectivity index (χ3v) is 3.73. The van der Waals surface area contributed by atoms with Gasteiger partial charge in [0.15, 0.2) is 0 Å². The molecule has 0 bridgehead atoms. The number of benzene rings is 1. The third kappa shape index (κ3) is 5.15. The fourth-order valence-corrected chi connectivity index (χ4v) is 2.70. The molecule has 1 aromatic rings. The molecular formula is C17H25N3O2. The maximum atomic E-state index is 12.3. The van der Waals surface area contributed by atoms with Crippen molar-refractivity contribution in [2.45, 2.75) is 26.3 Å². The molecule has 0 radical (unpaired) electrons. The lowest BCUT2D eigenvalue weighted by Crippen LogP contribution is -2.50. The molecule has 22 heavy (non-hydrogen) atoms. The summed E-state index contributed by atoms with van der Waals surface area (Å²) in [5, 5.41) is 5.88. The number of piperazine rings is 1. The molecule has 5 nitrogen and oxygen atoms in total. The van der Waals surface area contributed by atoms with E-state index in [1.807, 2.05) is 35.2 Å². The number of rotatable bonds is 6. The Labute approximate surface area is 132 Å². The predicted molar refractivity (Wildman–Crippen MR) is 86.2 cm³/mol. The van der Waals surface area contributed by atoms with E-state index in [4.69, 9.17) is 0 Å². The van der Waals surface area contributed by atoms with Crippen LogP contribution in [0, 0.1) is 5.92 Å². The van der Waals surface area contributed by atoms with E-state index in [1.165, 1.54) is 0 Å². The first kappa shape index (κ1) is 16.5. The lowest BCUT2D eigenvalue weighted by Gasteiger charge is -2.27. The topological polar surface area (TPSA) is 61.4 Å². The predicted octanol–water partition coefficient (Wildman–Crippen LogP) is 1.32. The van der Waals surface area contributed by atoms with Gasteiger partial charge in [0, 0.05) is 13.1 Å². The van der Waals surface area contributed by atoms with Crippen molar-refractivity contribution in [2.24, 2.45) is 5.92 Å². The van der Waals surface area contributed by atoms with Gasteiger partial charge in [-0.2, -0.15) is 0 Å². The van der Waals surface area contributed by atoms with Crippen LogP contribution in [0.4, 0.5) is 0 Å². The average Bonchev–Trinajstić information content (AvgIpc) is 2.47. The number of nitrogens with zero attached hydrogens (tertiary/aromatic N) is 1. The molecule has 1 aromatic carbocycles. The molecule has 1 fully saturated rings. The zero-order valence-electron chi connectivity index (χ0n) is 13.3. The quantitative estimate of drug-likeness (QED) is 0.833. The number of amides is 2. The molecule has 1 aliphatic heterocycles. The minimum atomic E-state index is -0.0239. The van der Waals surface area contributed by atoms with Crippen molar-refractivity contribution in [3.05, 3.63) is 35.9 Å². The standard InChI is InChI=1S/C17H25N3O2/c1-13(2)10-15(14-6-4-3-5-7-14)19-17(22)12-20-9-8-18-16(21)11-20/h3-7,13,15H,8-12H2,1-2H3,(H,18,21)(H,19,22)/t15-/m1/s1. The molecular weight excluding hydrogens is 278 g/mol. The minimum absolute atomic E-state index is 0.0131. The first-order valence-electron chi connectivity index (χ1n) is 7.88. The van der Waals surface area contributed by atoms with E-state index in [-0.39, 0.29) is 24.4 Å². The second kappa shape index (κ2) is 7.94. The lowest BCUT2D eigenvalue weighted by atomic mass is 9.97. The van der Waals surface area contributed by atoms with E-state index in [2.05, 4.69) is 24.5 Å². The molecule has 120 valence electrons. The summed E-state index contributed by atoms with van der Waals surface area (Å²) < 4.78 is 0. The Hall–Kier alpha value is -1.88. The molecule has 1 atom stereocenters. The highest BCUT2D eigenvalue weighted by molar-refractivity contribution is 5.82. The molecule has 5 heteroatoms. The molecule has 0 spiro atoms. The summed E-state index contributed by atoms with van der Waals surface area (Å²) in [5.74, 6) is 0.455. The fourth-order valence-electron chi connectivity index (χ4n) is 2.70. The van der Waals surface area contributed by atoms with E-state index >= 15 is 0 Å². The van der Waals surface area contributed by atoms with Crippen molar-refractivity contribution >= 4 is 11.8 Å². The average molecular weight is 303 g/mol. The van der Waals surface area contributed by atoms with Gasteiger partial charge in [0.1, 0.15) is 0 Å². The second-order valence-corrected chi connectivity index (χ2v) is 6.22. The smallest absolute Gasteiger partial charge is 0.234 e. The first-order chi connectivity index (χ1) is 10.5. The first-order valence-corrected chi connectivity index (χ1v) is 7.88. The maximum absolute atomic E-state index is 12.3. The van der Waals surface area contributed by atoms with Gasteiger partial charge in [-0.3, -0.25) is 14.5 Å². The van der Waals surface area contributed by atoms with Crippen LogP contribution in [0.2, 0.25) is 0 Å². The van der Waals surface area contributed by atoms with Crippen molar-refractivity contribution in [3.63, 3.8) is 0 Å². The molecule has 0 aromatic heterocycles. The van der Waals surface area contributed by atoms with Gasteiger partial charge in [-0.05, 0) is 17.9 Å². The highest BCUT2D eigenvalue weighted by Gasteiger charge is 2.21. The highest BCUT2D eigenvalue weighted by Crippen LogP contribution is 2.20. The zero-order valence-corrected chi connectivity index (χ0v) is 13.3. The van der Waals surface area contributed by atoms with E-state index in [1.54, 1.807) is 0 Å². The maximum Gasteiger partial charge on any atom is 0.234 e. The summed E-state index contributed by atoms with van der Waals surface area (Å²) in [6.07, 6.45) is 0.899. The van der Waals surface area contributed by atoms with Gasteiger partial charge in [0.2, 0.25) is 11.8 Å². The van der Waals surface area contributed by atoms with Crippen molar-refractivity contribution in [1.29, 1.82) is 0 Å². The zero-order chi connectivity index (χ0) is 15.9. The number of carbonyl (C=O) groups excluding carboxylic acids is 2. The van der Waals surface area contributed by atoms with E-state index in [9.17, 15) is 9.59 Å². The molecule has 2 amide bonds. The molecule has 1 saturated heterocycles. The largest absolute Gasteiger partial charge is 0.354 e. The van der Waals surface area contributed by atoms with Crippen LogP contribution < -0.4 is 10.6 Å². The van der Waals surface area contributed by atoms with Gasteiger partial charge in [-0.15, -0.1) is 0 Å². The summed E-state index contributed by atoms with van der Waals surface area (Å²) in [6.45, 7) is 6.20. The summed E-state index contributed by atoms with van der Waals surface area (Å²) in [5.41, 5.74) is 1.13. The van der Waals surface area contributed by atoms with Gasteiger partial charge < -0.3 is 10.6 Å². The monoisotopic (exact) mass is 303 g/mol. The number of hydrogen-bond acceptors (Lipinski definition) is 3. The Morgan fingerprint density at radius 3 is 2.68 bits per heavy atom. The number of carbonyl (C=O) groups is 2. The summed E-state index contributed by atoms with van der Waals surface area (Å²) in [7, 11) is 0. The Morgan fingerprint density at radius 2 is 2.05 bits per heavy atom. The van der Waals surface area contributed by atoms with E-state index in [0.717, 1.165) is 18.5 Å². The molecule has 0 aliphatic carbocycles. The van der Waals surface area contributed by atoms with Gasteiger partial charge in [-0.25, -0.2) is 0 Å².